The van der Waals surface area contributed by atoms with E-state index in [-0.39, 0.29) is 18.5 Å². The summed E-state index contributed by atoms with van der Waals surface area (Å²) < 4.78 is 12.5. The highest BCUT2D eigenvalue weighted by Gasteiger charge is 2.15. The first kappa shape index (κ1) is 20.3. The van der Waals surface area contributed by atoms with E-state index < -0.39 is 0 Å². The van der Waals surface area contributed by atoms with Gasteiger partial charge in [0, 0.05) is 6.54 Å². The van der Waals surface area contributed by atoms with Gasteiger partial charge in [0.05, 0.1) is 23.0 Å². The lowest BCUT2D eigenvalue weighted by molar-refractivity contribution is -0.118. The van der Waals surface area contributed by atoms with E-state index in [1.54, 1.807) is 6.20 Å². The summed E-state index contributed by atoms with van der Waals surface area (Å²) in [6, 6.07) is 11.8. The number of hydrogen-bond acceptors (Lipinski definition) is 7. The Morgan fingerprint density at radius 3 is 2.88 bits per heavy atom. The molecular formula is C23H21N5O3S. The standard InChI is InChI=1S/C23H21N5O3S/c1-14-3-5-18(15(2)7-14)28-22-17(10-27-28)23(26-12-25-22)32-11-21(29)24-9-16-4-6-19-20(8-16)31-13-30-19/h3-8,10,12H,9,11,13H2,1-2H3,(H,24,29). The molecule has 3 heterocycles. The molecule has 1 N–H and O–H groups in total. The second-order valence-electron chi connectivity index (χ2n) is 7.52. The van der Waals surface area contributed by atoms with E-state index in [0.717, 1.165) is 38.6 Å². The van der Waals surface area contributed by atoms with Gasteiger partial charge in [0.25, 0.3) is 0 Å². The maximum atomic E-state index is 12.4. The molecule has 0 radical (unpaired) electrons. The Bertz CT molecular complexity index is 1320. The molecule has 0 bridgehead atoms. The fraction of sp³-hybridized carbons (Fsp3) is 0.217. The third-order valence-electron chi connectivity index (χ3n) is 5.18. The Morgan fingerprint density at radius 2 is 2.00 bits per heavy atom. The number of thioether (sulfide) groups is 1. The maximum absolute atomic E-state index is 12.4. The van der Waals surface area contributed by atoms with Gasteiger partial charge in [0.15, 0.2) is 17.1 Å². The third kappa shape index (κ3) is 3.99. The van der Waals surface area contributed by atoms with Gasteiger partial charge in [0.1, 0.15) is 11.4 Å². The minimum absolute atomic E-state index is 0.0822. The van der Waals surface area contributed by atoms with E-state index in [1.807, 2.05) is 28.9 Å². The van der Waals surface area contributed by atoms with Gasteiger partial charge in [-0.25, -0.2) is 14.6 Å². The Morgan fingerprint density at radius 1 is 1.12 bits per heavy atom. The zero-order chi connectivity index (χ0) is 22.1. The van der Waals surface area contributed by atoms with Crippen molar-refractivity contribution >= 4 is 28.7 Å². The zero-order valence-electron chi connectivity index (χ0n) is 17.7. The molecule has 1 aliphatic heterocycles. The predicted octanol–water partition coefficient (Wildman–Crippen LogP) is 3.57. The molecule has 2 aromatic carbocycles. The van der Waals surface area contributed by atoms with E-state index in [1.165, 1.54) is 23.7 Å². The van der Waals surface area contributed by atoms with Crippen molar-refractivity contribution in [3.8, 4) is 17.2 Å². The summed E-state index contributed by atoms with van der Waals surface area (Å²) in [5.41, 5.74) is 4.95. The molecule has 0 spiro atoms. The monoisotopic (exact) mass is 447 g/mol. The molecule has 0 saturated heterocycles. The highest BCUT2D eigenvalue weighted by Crippen LogP contribution is 2.32. The second kappa shape index (κ2) is 8.51. The lowest BCUT2D eigenvalue weighted by Gasteiger charge is -2.08. The Labute approximate surface area is 189 Å². The fourth-order valence-electron chi connectivity index (χ4n) is 3.59. The first-order valence-corrected chi connectivity index (χ1v) is 11.1. The van der Waals surface area contributed by atoms with Gasteiger partial charge >= 0.3 is 0 Å². The number of rotatable bonds is 6. The van der Waals surface area contributed by atoms with Crippen molar-refractivity contribution in [2.45, 2.75) is 25.4 Å². The summed E-state index contributed by atoms with van der Waals surface area (Å²) in [7, 11) is 0. The van der Waals surface area contributed by atoms with Gasteiger partial charge < -0.3 is 14.8 Å². The van der Waals surface area contributed by atoms with Crippen molar-refractivity contribution in [1.82, 2.24) is 25.1 Å². The SMILES string of the molecule is Cc1ccc(-n2ncc3c(SCC(=O)NCc4ccc5c(c4)OCO5)ncnc32)c(C)c1. The number of carbonyl (C=O) groups excluding carboxylic acids is 1. The molecule has 0 aliphatic carbocycles. The number of benzene rings is 2. The number of aryl methyl sites for hydroxylation is 2. The molecule has 1 aliphatic rings. The summed E-state index contributed by atoms with van der Waals surface area (Å²) in [6.45, 7) is 4.76. The number of aromatic nitrogens is 4. The third-order valence-corrected chi connectivity index (χ3v) is 6.18. The van der Waals surface area contributed by atoms with Gasteiger partial charge in [-0.15, -0.1) is 0 Å². The lowest BCUT2D eigenvalue weighted by Crippen LogP contribution is -2.24. The molecule has 0 fully saturated rings. The van der Waals surface area contributed by atoms with Gasteiger partial charge in [0.2, 0.25) is 12.7 Å². The molecule has 0 atom stereocenters. The van der Waals surface area contributed by atoms with Crippen molar-refractivity contribution in [3.05, 3.63) is 65.6 Å². The number of ether oxygens (including phenoxy) is 2. The lowest BCUT2D eigenvalue weighted by atomic mass is 10.1. The van der Waals surface area contributed by atoms with Crippen LogP contribution in [-0.4, -0.2) is 38.2 Å². The molecule has 8 nitrogen and oxygen atoms in total. The summed E-state index contributed by atoms with van der Waals surface area (Å²) in [6.07, 6.45) is 3.26. The molecule has 0 unspecified atom stereocenters. The van der Waals surface area contributed by atoms with Crippen LogP contribution in [0.5, 0.6) is 11.5 Å². The predicted molar refractivity (Wildman–Crippen MR) is 121 cm³/mol. The van der Waals surface area contributed by atoms with Crippen LogP contribution in [0.2, 0.25) is 0 Å². The van der Waals surface area contributed by atoms with Gasteiger partial charge in [-0.05, 0) is 43.2 Å². The Balaban J connectivity index is 1.26. The van der Waals surface area contributed by atoms with Crippen LogP contribution in [0.25, 0.3) is 16.7 Å². The minimum atomic E-state index is -0.0822. The Kier molecular flexibility index (Phi) is 5.40. The van der Waals surface area contributed by atoms with E-state index >= 15 is 0 Å². The normalized spacial score (nSPS) is 12.3. The van der Waals surface area contributed by atoms with Crippen LogP contribution >= 0.6 is 11.8 Å². The average molecular weight is 448 g/mol. The van der Waals surface area contributed by atoms with Crippen LogP contribution in [0.3, 0.4) is 0 Å². The summed E-state index contributed by atoms with van der Waals surface area (Å²) in [4.78, 5) is 21.2. The van der Waals surface area contributed by atoms with E-state index in [9.17, 15) is 4.79 Å². The molecule has 1 amide bonds. The molecule has 32 heavy (non-hydrogen) atoms. The quantitative estimate of drug-likeness (QED) is 0.357. The van der Waals surface area contributed by atoms with E-state index in [4.69, 9.17) is 9.47 Å². The fourth-order valence-corrected chi connectivity index (χ4v) is 4.38. The Hall–Kier alpha value is -3.59. The number of fused-ring (bicyclic) bond motifs is 2. The minimum Gasteiger partial charge on any atom is -0.454 e. The molecular weight excluding hydrogens is 426 g/mol. The van der Waals surface area contributed by atoms with Gasteiger partial charge in [-0.2, -0.15) is 5.10 Å². The van der Waals surface area contributed by atoms with Crippen LogP contribution in [0.1, 0.15) is 16.7 Å². The molecule has 162 valence electrons. The largest absolute Gasteiger partial charge is 0.454 e. The number of hydrogen-bond donors (Lipinski definition) is 1. The van der Waals surface area contributed by atoms with Crippen molar-refractivity contribution in [1.29, 1.82) is 0 Å². The van der Waals surface area contributed by atoms with Crippen LogP contribution in [0, 0.1) is 13.8 Å². The van der Waals surface area contributed by atoms with E-state index in [0.29, 0.717) is 12.3 Å². The summed E-state index contributed by atoms with van der Waals surface area (Å²) in [5.74, 6) is 1.59. The first-order chi connectivity index (χ1) is 15.6. The highest BCUT2D eigenvalue weighted by atomic mass is 32.2. The zero-order valence-corrected chi connectivity index (χ0v) is 18.5. The van der Waals surface area contributed by atoms with Crippen molar-refractivity contribution in [2.75, 3.05) is 12.5 Å². The second-order valence-corrected chi connectivity index (χ2v) is 8.48. The summed E-state index contributed by atoms with van der Waals surface area (Å²) in [5, 5.41) is 9.00. The molecule has 2 aromatic heterocycles. The van der Waals surface area contributed by atoms with Crippen LogP contribution in [-0.2, 0) is 11.3 Å². The molecule has 5 rings (SSSR count). The number of carbonyl (C=O) groups is 1. The van der Waals surface area contributed by atoms with Crippen LogP contribution in [0.15, 0.2) is 53.9 Å². The van der Waals surface area contributed by atoms with Crippen molar-refractivity contribution in [2.24, 2.45) is 0 Å². The number of nitrogens with zero attached hydrogens (tertiary/aromatic N) is 4. The van der Waals surface area contributed by atoms with Gasteiger partial charge in [-0.3, -0.25) is 4.79 Å². The molecule has 4 aromatic rings. The smallest absolute Gasteiger partial charge is 0.231 e. The van der Waals surface area contributed by atoms with Crippen LogP contribution < -0.4 is 14.8 Å². The highest BCUT2D eigenvalue weighted by molar-refractivity contribution is 8.00. The summed E-state index contributed by atoms with van der Waals surface area (Å²) >= 11 is 1.37. The van der Waals surface area contributed by atoms with Crippen molar-refractivity contribution in [3.63, 3.8) is 0 Å². The molecule has 0 saturated carbocycles. The van der Waals surface area contributed by atoms with Gasteiger partial charge in [-0.1, -0.05) is 35.5 Å². The topological polar surface area (TPSA) is 91.2 Å². The van der Waals surface area contributed by atoms with Crippen molar-refractivity contribution < 1.29 is 14.3 Å². The average Bonchev–Trinajstić information content (AvgIpc) is 3.43. The molecule has 9 heteroatoms. The number of amides is 1. The van der Waals surface area contributed by atoms with Crippen LogP contribution in [0.4, 0.5) is 0 Å². The first-order valence-electron chi connectivity index (χ1n) is 10.1. The van der Waals surface area contributed by atoms with E-state index in [2.05, 4.69) is 46.4 Å². The maximum Gasteiger partial charge on any atom is 0.231 e. The number of nitrogens with one attached hydrogen (secondary N) is 1.